The fraction of sp³-hybridized carbons (Fsp3) is 0.182. The van der Waals surface area contributed by atoms with Crippen LogP contribution in [-0.2, 0) is 7.05 Å². The first-order valence-electron chi connectivity index (χ1n) is 4.46. The highest BCUT2D eigenvalue weighted by atomic mass is 16.1. The summed E-state index contributed by atoms with van der Waals surface area (Å²) in [4.78, 5) is 11.6. The van der Waals surface area contributed by atoms with Crippen molar-refractivity contribution in [2.24, 2.45) is 7.05 Å². The van der Waals surface area contributed by atoms with Gasteiger partial charge in [0.05, 0.1) is 5.52 Å². The highest BCUT2D eigenvalue weighted by Crippen LogP contribution is 2.19. The van der Waals surface area contributed by atoms with Crippen molar-refractivity contribution in [2.45, 2.75) is 6.92 Å². The molecule has 0 fully saturated rings. The monoisotopic (exact) mass is 188 g/mol. The van der Waals surface area contributed by atoms with Crippen LogP contribution in [-0.4, -0.2) is 4.57 Å². The number of aromatic nitrogens is 1. The molecule has 0 aliphatic carbocycles. The van der Waals surface area contributed by atoms with Crippen molar-refractivity contribution in [2.75, 3.05) is 5.73 Å². The van der Waals surface area contributed by atoms with E-state index in [0.29, 0.717) is 5.69 Å². The molecular formula is C11H12N2O. The van der Waals surface area contributed by atoms with Crippen LogP contribution in [0.2, 0.25) is 0 Å². The van der Waals surface area contributed by atoms with Crippen LogP contribution < -0.4 is 11.3 Å². The first-order valence-corrected chi connectivity index (χ1v) is 4.46. The standard InChI is InChI=1S/C11H12N2O/c1-7-6-8-9(12)4-3-5-10(8)13(2)11(7)14/h3-6H,12H2,1-2H3. The number of hydrogen-bond acceptors (Lipinski definition) is 2. The van der Waals surface area contributed by atoms with Crippen molar-refractivity contribution in [3.63, 3.8) is 0 Å². The lowest BCUT2D eigenvalue weighted by atomic mass is 10.1. The van der Waals surface area contributed by atoms with Crippen molar-refractivity contribution in [3.05, 3.63) is 40.2 Å². The number of anilines is 1. The van der Waals surface area contributed by atoms with Crippen molar-refractivity contribution >= 4 is 16.6 Å². The quantitative estimate of drug-likeness (QED) is 0.636. The maximum atomic E-state index is 11.6. The van der Waals surface area contributed by atoms with Crippen LogP contribution >= 0.6 is 0 Å². The van der Waals surface area contributed by atoms with E-state index in [-0.39, 0.29) is 5.56 Å². The van der Waals surface area contributed by atoms with Gasteiger partial charge in [-0.2, -0.15) is 0 Å². The SMILES string of the molecule is Cc1cc2c(N)cccc2n(C)c1=O. The molecule has 1 aromatic heterocycles. The molecule has 14 heavy (non-hydrogen) atoms. The second kappa shape index (κ2) is 2.87. The second-order valence-corrected chi connectivity index (χ2v) is 3.47. The van der Waals surface area contributed by atoms with Crippen LogP contribution in [0, 0.1) is 6.92 Å². The highest BCUT2D eigenvalue weighted by molar-refractivity contribution is 5.90. The molecule has 0 amide bonds. The lowest BCUT2D eigenvalue weighted by Crippen LogP contribution is -2.19. The van der Waals surface area contributed by atoms with Crippen LogP contribution in [0.15, 0.2) is 29.1 Å². The van der Waals surface area contributed by atoms with Crippen LogP contribution in [0.4, 0.5) is 5.69 Å². The molecule has 0 saturated heterocycles. The second-order valence-electron chi connectivity index (χ2n) is 3.47. The minimum absolute atomic E-state index is 0.0306. The van der Waals surface area contributed by atoms with E-state index >= 15 is 0 Å². The van der Waals surface area contributed by atoms with Crippen molar-refractivity contribution in [1.82, 2.24) is 4.57 Å². The van der Waals surface area contributed by atoms with E-state index in [1.54, 1.807) is 18.5 Å². The zero-order chi connectivity index (χ0) is 10.3. The molecule has 0 radical (unpaired) electrons. The molecule has 0 saturated carbocycles. The molecule has 2 N–H and O–H groups in total. The Balaban J connectivity index is 3.06. The van der Waals surface area contributed by atoms with Gasteiger partial charge in [-0.25, -0.2) is 0 Å². The maximum Gasteiger partial charge on any atom is 0.253 e. The van der Waals surface area contributed by atoms with Gasteiger partial charge in [0.2, 0.25) is 0 Å². The van der Waals surface area contributed by atoms with Gasteiger partial charge in [-0.05, 0) is 25.1 Å². The number of fused-ring (bicyclic) bond motifs is 1. The first-order chi connectivity index (χ1) is 6.61. The molecule has 2 aromatic rings. The minimum Gasteiger partial charge on any atom is -0.398 e. The number of nitrogens with two attached hydrogens (primary N) is 1. The summed E-state index contributed by atoms with van der Waals surface area (Å²) < 4.78 is 1.63. The maximum absolute atomic E-state index is 11.6. The van der Waals surface area contributed by atoms with Gasteiger partial charge in [0.25, 0.3) is 5.56 Å². The highest BCUT2D eigenvalue weighted by Gasteiger charge is 2.04. The van der Waals surface area contributed by atoms with Gasteiger partial charge < -0.3 is 10.3 Å². The summed E-state index contributed by atoms with van der Waals surface area (Å²) in [5.74, 6) is 0. The molecule has 0 spiro atoms. The summed E-state index contributed by atoms with van der Waals surface area (Å²) in [5, 5.41) is 0.937. The molecule has 0 unspecified atom stereocenters. The smallest absolute Gasteiger partial charge is 0.253 e. The molecule has 1 heterocycles. The number of pyridine rings is 1. The van der Waals surface area contributed by atoms with Crippen molar-refractivity contribution in [3.8, 4) is 0 Å². The minimum atomic E-state index is 0.0306. The molecule has 3 heteroatoms. The lowest BCUT2D eigenvalue weighted by Gasteiger charge is -2.07. The van der Waals surface area contributed by atoms with Crippen LogP contribution in [0.5, 0.6) is 0 Å². The number of aryl methyl sites for hydroxylation is 2. The summed E-state index contributed by atoms with van der Waals surface area (Å²) in [6, 6.07) is 7.43. The summed E-state index contributed by atoms with van der Waals surface area (Å²) >= 11 is 0. The Morgan fingerprint density at radius 2 is 2.07 bits per heavy atom. The van der Waals surface area contributed by atoms with Gasteiger partial charge in [-0.3, -0.25) is 4.79 Å². The number of hydrogen-bond donors (Lipinski definition) is 1. The Morgan fingerprint density at radius 1 is 1.36 bits per heavy atom. The normalized spacial score (nSPS) is 10.7. The van der Waals surface area contributed by atoms with E-state index in [9.17, 15) is 4.79 Å². The zero-order valence-corrected chi connectivity index (χ0v) is 8.24. The Kier molecular flexibility index (Phi) is 1.81. The van der Waals surface area contributed by atoms with E-state index < -0.39 is 0 Å². The molecular weight excluding hydrogens is 176 g/mol. The number of nitrogen functional groups attached to an aromatic ring is 1. The Bertz CT molecular complexity index is 555. The van der Waals surface area contributed by atoms with E-state index in [1.165, 1.54) is 0 Å². The zero-order valence-electron chi connectivity index (χ0n) is 8.24. The fourth-order valence-corrected chi connectivity index (χ4v) is 1.67. The van der Waals surface area contributed by atoms with Gasteiger partial charge in [-0.1, -0.05) is 6.07 Å². The van der Waals surface area contributed by atoms with Gasteiger partial charge in [-0.15, -0.1) is 0 Å². The molecule has 0 aliphatic rings. The van der Waals surface area contributed by atoms with Gasteiger partial charge in [0.1, 0.15) is 0 Å². The Labute approximate surface area is 81.8 Å². The van der Waals surface area contributed by atoms with Crippen LogP contribution in [0.3, 0.4) is 0 Å². The molecule has 2 rings (SSSR count). The Morgan fingerprint density at radius 3 is 2.79 bits per heavy atom. The predicted octanol–water partition coefficient (Wildman–Crippen LogP) is 1.43. The number of rotatable bonds is 0. The molecule has 0 bridgehead atoms. The summed E-state index contributed by atoms with van der Waals surface area (Å²) in [5.41, 5.74) is 8.16. The summed E-state index contributed by atoms with van der Waals surface area (Å²) in [7, 11) is 1.76. The van der Waals surface area contributed by atoms with Gasteiger partial charge >= 0.3 is 0 Å². The predicted molar refractivity (Wildman–Crippen MR) is 58.3 cm³/mol. The van der Waals surface area contributed by atoms with Crippen molar-refractivity contribution in [1.29, 1.82) is 0 Å². The van der Waals surface area contributed by atoms with Crippen molar-refractivity contribution < 1.29 is 0 Å². The first kappa shape index (κ1) is 8.81. The van der Waals surface area contributed by atoms with E-state index in [0.717, 1.165) is 16.5 Å². The third-order valence-electron chi connectivity index (χ3n) is 2.48. The molecule has 3 nitrogen and oxygen atoms in total. The number of nitrogens with zero attached hydrogens (tertiary/aromatic N) is 1. The molecule has 72 valence electrons. The molecule has 0 atom stereocenters. The third-order valence-corrected chi connectivity index (χ3v) is 2.48. The van der Waals surface area contributed by atoms with Gasteiger partial charge in [0, 0.05) is 23.7 Å². The molecule has 0 aliphatic heterocycles. The van der Waals surface area contributed by atoms with Crippen LogP contribution in [0.1, 0.15) is 5.56 Å². The topological polar surface area (TPSA) is 48.0 Å². The van der Waals surface area contributed by atoms with Crippen LogP contribution in [0.25, 0.3) is 10.9 Å². The van der Waals surface area contributed by atoms with E-state index in [1.807, 2.05) is 24.3 Å². The summed E-state index contributed by atoms with van der Waals surface area (Å²) in [6.07, 6.45) is 0. The largest absolute Gasteiger partial charge is 0.398 e. The lowest BCUT2D eigenvalue weighted by molar-refractivity contribution is 0.893. The van der Waals surface area contributed by atoms with E-state index in [4.69, 9.17) is 5.73 Å². The fourth-order valence-electron chi connectivity index (χ4n) is 1.67. The van der Waals surface area contributed by atoms with Gasteiger partial charge in [0.15, 0.2) is 0 Å². The summed E-state index contributed by atoms with van der Waals surface area (Å²) in [6.45, 7) is 1.80. The van der Waals surface area contributed by atoms with E-state index in [2.05, 4.69) is 0 Å². The average molecular weight is 188 g/mol. The molecule has 1 aromatic carbocycles. The third kappa shape index (κ3) is 1.09. The Hall–Kier alpha value is -1.77. The average Bonchev–Trinajstić information content (AvgIpc) is 2.17. The number of benzene rings is 1.